The van der Waals surface area contributed by atoms with Crippen molar-refractivity contribution in [2.45, 2.75) is 31.6 Å². The van der Waals surface area contributed by atoms with Crippen LogP contribution in [-0.2, 0) is 9.59 Å². The van der Waals surface area contributed by atoms with Crippen molar-refractivity contribution in [1.29, 1.82) is 0 Å². The van der Waals surface area contributed by atoms with Gasteiger partial charge in [-0.3, -0.25) is 9.59 Å². The fraction of sp³-hybridized carbons (Fsp3) is 0.294. The number of aromatic nitrogens is 1. The van der Waals surface area contributed by atoms with E-state index in [1.54, 1.807) is 6.21 Å². The first kappa shape index (κ1) is 17.2. The van der Waals surface area contributed by atoms with Gasteiger partial charge in [0, 0.05) is 17.8 Å². The monoisotopic (exact) mass is 358 g/mol. The highest BCUT2D eigenvalue weighted by Crippen LogP contribution is 2.23. The molecule has 2 aromatic rings. The van der Waals surface area contributed by atoms with E-state index in [-0.39, 0.29) is 12.3 Å². The number of amidine groups is 1. The number of fused-ring (bicyclic) bond motifs is 1. The van der Waals surface area contributed by atoms with Crippen LogP contribution < -0.4 is 5.32 Å². The molecule has 0 spiro atoms. The zero-order chi connectivity index (χ0) is 18.0. The van der Waals surface area contributed by atoms with Crippen molar-refractivity contribution >= 4 is 45.9 Å². The maximum absolute atomic E-state index is 11.6. The van der Waals surface area contributed by atoms with E-state index < -0.39 is 11.2 Å². The average Bonchev–Trinajstić information content (AvgIpc) is 3.10. The van der Waals surface area contributed by atoms with Crippen LogP contribution in [0.1, 0.15) is 31.9 Å². The summed E-state index contributed by atoms with van der Waals surface area (Å²) in [5.41, 5.74) is 2.02. The lowest BCUT2D eigenvalue weighted by Crippen LogP contribution is -2.26. The molecule has 0 radical (unpaired) electrons. The number of carboxylic acids is 1. The molecular weight excluding hydrogens is 340 g/mol. The van der Waals surface area contributed by atoms with Crippen LogP contribution in [0.25, 0.3) is 10.9 Å². The minimum absolute atomic E-state index is 0.234. The van der Waals surface area contributed by atoms with Gasteiger partial charge >= 0.3 is 5.97 Å². The van der Waals surface area contributed by atoms with Crippen LogP contribution in [0.2, 0.25) is 0 Å². The van der Waals surface area contributed by atoms with Gasteiger partial charge in [-0.25, -0.2) is 0 Å². The molecule has 1 unspecified atom stereocenters. The molecule has 1 amide bonds. The highest BCUT2D eigenvalue weighted by atomic mass is 32.2. The zero-order valence-corrected chi connectivity index (χ0v) is 14.7. The second-order valence-electron chi connectivity index (χ2n) is 5.98. The van der Waals surface area contributed by atoms with Crippen molar-refractivity contribution in [2.24, 2.45) is 10.2 Å². The number of hydrogen-bond acceptors (Lipinski definition) is 5. The molecular formula is C17H18N4O3S. The van der Waals surface area contributed by atoms with Gasteiger partial charge in [0.1, 0.15) is 5.25 Å². The number of benzene rings is 1. The molecule has 1 aromatic carbocycles. The smallest absolute Gasteiger partial charge is 0.305 e. The van der Waals surface area contributed by atoms with Gasteiger partial charge in [0.15, 0.2) is 5.17 Å². The largest absolute Gasteiger partial charge is 0.481 e. The lowest BCUT2D eigenvalue weighted by Gasteiger charge is -2.09. The van der Waals surface area contributed by atoms with Crippen LogP contribution in [0.3, 0.4) is 0 Å². The summed E-state index contributed by atoms with van der Waals surface area (Å²) in [5.74, 6) is -1.36. The molecule has 0 saturated carbocycles. The maximum atomic E-state index is 11.6. The minimum atomic E-state index is -1.01. The molecule has 1 saturated heterocycles. The molecule has 1 aliphatic rings. The van der Waals surface area contributed by atoms with Crippen LogP contribution in [-0.4, -0.2) is 38.2 Å². The molecule has 25 heavy (non-hydrogen) atoms. The Morgan fingerprint density at radius 1 is 1.44 bits per heavy atom. The van der Waals surface area contributed by atoms with Crippen LogP contribution in [0, 0.1) is 0 Å². The van der Waals surface area contributed by atoms with E-state index in [1.807, 2.05) is 18.2 Å². The second-order valence-corrected chi connectivity index (χ2v) is 7.17. The van der Waals surface area contributed by atoms with Crippen LogP contribution in [0.15, 0.2) is 40.7 Å². The fourth-order valence-electron chi connectivity index (χ4n) is 2.59. The summed E-state index contributed by atoms with van der Waals surface area (Å²) in [7, 11) is 0. The molecule has 0 aliphatic carbocycles. The molecule has 3 rings (SSSR count). The molecule has 1 fully saturated rings. The molecule has 2 N–H and O–H groups in total. The first-order valence-corrected chi connectivity index (χ1v) is 8.73. The first-order valence-electron chi connectivity index (χ1n) is 7.85. The number of nitrogens with one attached hydrogen (secondary N) is 1. The lowest BCUT2D eigenvalue weighted by molar-refractivity contribution is -0.138. The Bertz CT molecular complexity index is 885. The summed E-state index contributed by atoms with van der Waals surface area (Å²) in [4.78, 5) is 22.3. The van der Waals surface area contributed by atoms with Crippen molar-refractivity contribution in [1.82, 2.24) is 9.88 Å². The quantitative estimate of drug-likeness (QED) is 0.634. The van der Waals surface area contributed by atoms with Gasteiger partial charge in [-0.15, -0.1) is 5.10 Å². The highest BCUT2D eigenvalue weighted by molar-refractivity contribution is 8.15. The summed E-state index contributed by atoms with van der Waals surface area (Å²) in [6, 6.07) is 8.44. The molecule has 8 heteroatoms. The van der Waals surface area contributed by atoms with Gasteiger partial charge in [0.2, 0.25) is 5.91 Å². The number of aliphatic carboxylic acids is 1. The van der Waals surface area contributed by atoms with E-state index in [9.17, 15) is 9.59 Å². The van der Waals surface area contributed by atoms with E-state index in [4.69, 9.17) is 5.11 Å². The summed E-state index contributed by atoms with van der Waals surface area (Å²) >= 11 is 1.08. The van der Waals surface area contributed by atoms with Crippen molar-refractivity contribution in [3.05, 3.63) is 36.0 Å². The summed E-state index contributed by atoms with van der Waals surface area (Å²) in [6.07, 6.45) is 3.44. The van der Waals surface area contributed by atoms with Gasteiger partial charge < -0.3 is 15.0 Å². The maximum Gasteiger partial charge on any atom is 0.305 e. The lowest BCUT2D eigenvalue weighted by atomic mass is 10.2. The summed E-state index contributed by atoms with van der Waals surface area (Å²) in [6.45, 7) is 4.25. The third kappa shape index (κ3) is 3.90. The second kappa shape index (κ2) is 7.10. The van der Waals surface area contributed by atoms with E-state index in [1.165, 1.54) is 0 Å². The van der Waals surface area contributed by atoms with Gasteiger partial charge in [0.05, 0.1) is 12.6 Å². The summed E-state index contributed by atoms with van der Waals surface area (Å²) < 4.78 is 2.18. The Labute approximate surface area is 148 Å². The number of rotatable bonds is 5. The number of nitrogens with zero attached hydrogens (tertiary/aromatic N) is 3. The standard InChI is InChI=1S/C17H18N4O3S/c1-10(2)21-6-5-12-4-3-11(7-13(12)21)9-18-20-17-19-16(24)14(25-17)8-15(22)23/h3-7,9-10,14H,8H2,1-2H3,(H,22,23)(H,19,20,24). The topological polar surface area (TPSA) is 96.0 Å². The third-order valence-corrected chi connectivity index (χ3v) is 4.87. The normalized spacial score (nSPS) is 19.4. The Hall–Kier alpha value is -2.61. The molecule has 0 bridgehead atoms. The Morgan fingerprint density at radius 2 is 2.24 bits per heavy atom. The molecule has 1 aromatic heterocycles. The Balaban J connectivity index is 1.74. The number of hydrogen-bond donors (Lipinski definition) is 2. The molecule has 1 aliphatic heterocycles. The van der Waals surface area contributed by atoms with Crippen LogP contribution in [0.4, 0.5) is 0 Å². The van der Waals surface area contributed by atoms with E-state index in [0.717, 1.165) is 28.2 Å². The summed E-state index contributed by atoms with van der Waals surface area (Å²) in [5, 5.41) is 20.1. The predicted octanol–water partition coefficient (Wildman–Crippen LogP) is 2.62. The minimum Gasteiger partial charge on any atom is -0.481 e. The molecule has 130 valence electrons. The molecule has 7 nitrogen and oxygen atoms in total. The fourth-order valence-corrected chi connectivity index (χ4v) is 3.51. The average molecular weight is 358 g/mol. The number of amides is 1. The number of carboxylic acid groups (broad SMARTS) is 1. The van der Waals surface area contributed by atoms with Crippen LogP contribution in [0.5, 0.6) is 0 Å². The van der Waals surface area contributed by atoms with Gasteiger partial charge in [-0.1, -0.05) is 23.9 Å². The first-order chi connectivity index (χ1) is 11.9. The number of carbonyl (C=O) groups is 2. The van der Waals surface area contributed by atoms with E-state index in [2.05, 4.69) is 46.2 Å². The SMILES string of the molecule is CC(C)n1ccc2ccc(C=NN=C3NC(=O)C(CC(=O)O)S3)cc21. The Morgan fingerprint density at radius 3 is 2.96 bits per heavy atom. The highest BCUT2D eigenvalue weighted by Gasteiger charge is 2.32. The zero-order valence-electron chi connectivity index (χ0n) is 13.8. The van der Waals surface area contributed by atoms with Crippen molar-refractivity contribution in [3.8, 4) is 0 Å². The van der Waals surface area contributed by atoms with Gasteiger partial charge in [0.25, 0.3) is 0 Å². The van der Waals surface area contributed by atoms with Gasteiger partial charge in [-0.05, 0) is 36.9 Å². The van der Waals surface area contributed by atoms with Crippen molar-refractivity contribution in [2.75, 3.05) is 0 Å². The third-order valence-electron chi connectivity index (χ3n) is 3.80. The number of thioether (sulfide) groups is 1. The molecule has 2 heterocycles. The molecule has 1 atom stereocenters. The predicted molar refractivity (Wildman–Crippen MR) is 99.1 cm³/mol. The van der Waals surface area contributed by atoms with E-state index >= 15 is 0 Å². The van der Waals surface area contributed by atoms with Crippen molar-refractivity contribution in [3.63, 3.8) is 0 Å². The van der Waals surface area contributed by atoms with E-state index in [0.29, 0.717) is 11.2 Å². The van der Waals surface area contributed by atoms with Gasteiger partial charge in [-0.2, -0.15) is 5.10 Å². The van der Waals surface area contributed by atoms with Crippen LogP contribution >= 0.6 is 11.8 Å². The van der Waals surface area contributed by atoms with Crippen molar-refractivity contribution < 1.29 is 14.7 Å². The number of carbonyl (C=O) groups excluding carboxylic acids is 1. The Kier molecular flexibility index (Phi) is 4.89.